The Kier molecular flexibility index (Phi) is 71.5. The summed E-state index contributed by atoms with van der Waals surface area (Å²) in [5.41, 5.74) is 0. The van der Waals surface area contributed by atoms with Gasteiger partial charge in [-0.1, -0.05) is 383 Å². The van der Waals surface area contributed by atoms with Crippen LogP contribution in [0.5, 0.6) is 0 Å². The molecule has 3 N–H and O–H groups in total. The van der Waals surface area contributed by atoms with Crippen molar-refractivity contribution in [1.82, 2.24) is 0 Å². The molecular weight excluding hydrogens is 1340 g/mol. The number of hydrogen-bond acceptors (Lipinski definition) is 15. The van der Waals surface area contributed by atoms with Gasteiger partial charge in [-0.05, 0) is 49.4 Å². The van der Waals surface area contributed by atoms with Crippen LogP contribution in [0.15, 0.2) is 0 Å². The van der Waals surface area contributed by atoms with Gasteiger partial charge >= 0.3 is 39.5 Å². The molecule has 0 saturated carbocycles. The molecule has 0 aliphatic carbocycles. The van der Waals surface area contributed by atoms with Crippen molar-refractivity contribution in [1.29, 1.82) is 0 Å². The Hall–Kier alpha value is -1.94. The number of carbonyl (C=O) groups is 4. The molecule has 103 heavy (non-hydrogen) atoms. The molecule has 0 bridgehead atoms. The highest BCUT2D eigenvalue weighted by Gasteiger charge is 2.30. The first-order valence-electron chi connectivity index (χ1n) is 43.2. The predicted octanol–water partition coefficient (Wildman–Crippen LogP) is 25.2. The Morgan fingerprint density at radius 2 is 0.466 bits per heavy atom. The molecule has 0 aromatic carbocycles. The Morgan fingerprint density at radius 3 is 0.689 bits per heavy atom. The van der Waals surface area contributed by atoms with Crippen molar-refractivity contribution in [3.8, 4) is 0 Å². The van der Waals surface area contributed by atoms with E-state index in [-0.39, 0.29) is 25.7 Å². The molecule has 0 rings (SSSR count). The van der Waals surface area contributed by atoms with Crippen LogP contribution in [0.2, 0.25) is 0 Å². The topological polar surface area (TPSA) is 237 Å². The van der Waals surface area contributed by atoms with Gasteiger partial charge in [-0.2, -0.15) is 0 Å². The summed E-state index contributed by atoms with van der Waals surface area (Å²) in [7, 11) is -9.93. The molecule has 0 amide bonds. The summed E-state index contributed by atoms with van der Waals surface area (Å²) in [5, 5.41) is 10.7. The number of hydrogen-bond donors (Lipinski definition) is 3. The maximum atomic E-state index is 13.1. The smallest absolute Gasteiger partial charge is 0.462 e. The Balaban J connectivity index is 5.24. The van der Waals surface area contributed by atoms with Crippen LogP contribution in [-0.2, 0) is 65.4 Å². The lowest BCUT2D eigenvalue weighted by Gasteiger charge is -2.21. The normalized spacial score (nSPS) is 14.2. The van der Waals surface area contributed by atoms with Crippen LogP contribution in [0.3, 0.4) is 0 Å². The van der Waals surface area contributed by atoms with Crippen LogP contribution >= 0.6 is 15.6 Å². The van der Waals surface area contributed by atoms with Crippen molar-refractivity contribution in [3.05, 3.63) is 0 Å². The molecule has 0 aliphatic heterocycles. The van der Waals surface area contributed by atoms with Crippen LogP contribution in [0.25, 0.3) is 0 Å². The maximum Gasteiger partial charge on any atom is 0.472 e. The molecule has 0 aliphatic rings. The number of phosphoric acid groups is 2. The zero-order valence-electron chi connectivity index (χ0n) is 68.0. The molecule has 0 fully saturated rings. The van der Waals surface area contributed by atoms with E-state index >= 15 is 0 Å². The van der Waals surface area contributed by atoms with E-state index in [1.54, 1.807) is 0 Å². The van der Waals surface area contributed by atoms with E-state index in [2.05, 4.69) is 55.4 Å². The second-order valence-electron chi connectivity index (χ2n) is 31.9. The monoisotopic (exact) mass is 1510 g/mol. The minimum atomic E-state index is -4.97. The number of unbranched alkanes of at least 4 members (excludes halogenated alkanes) is 46. The van der Waals surface area contributed by atoms with Gasteiger partial charge in [0.15, 0.2) is 12.2 Å². The second-order valence-corrected chi connectivity index (χ2v) is 34.8. The molecule has 0 heterocycles. The van der Waals surface area contributed by atoms with Crippen LogP contribution in [0.4, 0.5) is 0 Å². The third-order valence-corrected chi connectivity index (χ3v) is 21.8. The highest BCUT2D eigenvalue weighted by Crippen LogP contribution is 2.45. The zero-order valence-corrected chi connectivity index (χ0v) is 69.7. The van der Waals surface area contributed by atoms with Crippen LogP contribution in [0, 0.1) is 23.7 Å². The fourth-order valence-corrected chi connectivity index (χ4v) is 14.5. The lowest BCUT2D eigenvalue weighted by atomic mass is 10.00. The van der Waals surface area contributed by atoms with Crippen LogP contribution < -0.4 is 0 Å². The second kappa shape index (κ2) is 72.9. The first-order chi connectivity index (χ1) is 49.6. The van der Waals surface area contributed by atoms with Crippen molar-refractivity contribution >= 4 is 39.5 Å². The highest BCUT2D eigenvalue weighted by molar-refractivity contribution is 7.47. The maximum absolute atomic E-state index is 13.1. The van der Waals surface area contributed by atoms with Gasteiger partial charge in [-0.3, -0.25) is 37.3 Å². The average molecular weight is 1510 g/mol. The standard InChI is InChI=1S/C84H164O17P2/c1-9-77(8)63-55-47-42-43-49-57-65-82(87)95-71-80(101-84(89)67-59-51-41-35-29-23-17-15-20-26-32-38-46-54-62-76(6)7)73-99-103(92,93)97-69-78(85)68-96-102(90,91)98-72-79(100-83(88)66-58-50-40-34-28-22-16-14-19-25-31-37-45-53-61-75(4)5)70-94-81(86)64-56-48-39-33-27-21-13-11-10-12-18-24-30-36-44-52-60-74(2)3/h74-80,85H,9-73H2,1-8H3,(H,90,91)(H,92,93)/t77?,78-,79-,80-/m1/s1. The van der Waals surface area contributed by atoms with Crippen molar-refractivity contribution in [3.63, 3.8) is 0 Å². The Morgan fingerprint density at radius 1 is 0.272 bits per heavy atom. The lowest BCUT2D eigenvalue weighted by Crippen LogP contribution is -2.30. The Labute approximate surface area is 632 Å². The summed E-state index contributed by atoms with van der Waals surface area (Å²) >= 11 is 0. The van der Waals surface area contributed by atoms with Crippen molar-refractivity contribution in [2.45, 2.75) is 453 Å². The van der Waals surface area contributed by atoms with Crippen LogP contribution in [-0.4, -0.2) is 96.7 Å². The number of aliphatic hydroxyl groups is 1. The molecule has 3 unspecified atom stereocenters. The first kappa shape index (κ1) is 101. The number of rotatable bonds is 81. The summed E-state index contributed by atoms with van der Waals surface area (Å²) in [4.78, 5) is 73.2. The Bertz CT molecular complexity index is 2010. The van der Waals surface area contributed by atoms with E-state index < -0.39 is 97.5 Å². The van der Waals surface area contributed by atoms with Gasteiger partial charge in [-0.25, -0.2) is 9.13 Å². The number of aliphatic hydroxyl groups excluding tert-OH is 1. The molecule has 0 saturated heterocycles. The molecule has 0 radical (unpaired) electrons. The van der Waals surface area contributed by atoms with E-state index in [1.165, 1.54) is 231 Å². The minimum Gasteiger partial charge on any atom is -0.462 e. The van der Waals surface area contributed by atoms with Gasteiger partial charge in [0.2, 0.25) is 0 Å². The molecule has 0 spiro atoms. The first-order valence-corrected chi connectivity index (χ1v) is 46.2. The summed E-state index contributed by atoms with van der Waals surface area (Å²) in [5.74, 6) is 1.02. The van der Waals surface area contributed by atoms with Crippen molar-refractivity contribution in [2.75, 3.05) is 39.6 Å². The molecule has 17 nitrogen and oxygen atoms in total. The summed E-state index contributed by atoms with van der Waals surface area (Å²) in [6, 6.07) is 0. The summed E-state index contributed by atoms with van der Waals surface area (Å²) < 4.78 is 68.8. The van der Waals surface area contributed by atoms with E-state index in [1.807, 2.05) is 0 Å². The van der Waals surface area contributed by atoms with Crippen molar-refractivity contribution in [2.24, 2.45) is 23.7 Å². The highest BCUT2D eigenvalue weighted by atomic mass is 31.2. The van der Waals surface area contributed by atoms with Gasteiger partial charge in [0.1, 0.15) is 19.3 Å². The van der Waals surface area contributed by atoms with Gasteiger partial charge in [0.25, 0.3) is 0 Å². The third kappa shape index (κ3) is 76.6. The van der Waals surface area contributed by atoms with Crippen molar-refractivity contribution < 1.29 is 80.2 Å². The van der Waals surface area contributed by atoms with Gasteiger partial charge < -0.3 is 33.8 Å². The number of ether oxygens (including phenoxy) is 4. The number of phosphoric ester groups is 2. The molecular formula is C84H164O17P2. The molecule has 6 atom stereocenters. The average Bonchev–Trinajstić information content (AvgIpc) is 0.913. The molecule has 0 aromatic heterocycles. The van der Waals surface area contributed by atoms with Gasteiger partial charge in [-0.15, -0.1) is 0 Å². The molecule has 612 valence electrons. The third-order valence-electron chi connectivity index (χ3n) is 19.9. The van der Waals surface area contributed by atoms with Gasteiger partial charge in [0, 0.05) is 25.7 Å². The van der Waals surface area contributed by atoms with E-state index in [0.717, 1.165) is 120 Å². The van der Waals surface area contributed by atoms with Crippen LogP contribution in [0.1, 0.15) is 434 Å². The van der Waals surface area contributed by atoms with Gasteiger partial charge in [0.05, 0.1) is 26.4 Å². The van der Waals surface area contributed by atoms with E-state index in [4.69, 9.17) is 37.0 Å². The van der Waals surface area contributed by atoms with E-state index in [9.17, 15) is 43.2 Å². The number of carbonyl (C=O) groups excluding carboxylic acids is 4. The molecule has 0 aromatic rings. The largest absolute Gasteiger partial charge is 0.472 e. The number of esters is 4. The minimum absolute atomic E-state index is 0.106. The SMILES string of the molecule is CCC(C)CCCCCCCCC(=O)OC[C@H](COP(=O)(O)OC[C@H](O)COP(=O)(O)OC[C@@H](COC(=O)CCCCCCCCCCCCCCCCCCC(C)C)OC(=O)CCCCCCCCCCCCCCCCC(C)C)OC(=O)CCCCCCCCCCCCCCCCC(C)C. The summed E-state index contributed by atoms with van der Waals surface area (Å²) in [6.45, 7) is 14.3. The van der Waals surface area contributed by atoms with E-state index in [0.29, 0.717) is 25.7 Å². The fraction of sp³-hybridized carbons (Fsp3) is 0.952. The quantitative estimate of drug-likeness (QED) is 0.0222. The predicted molar refractivity (Wildman–Crippen MR) is 423 cm³/mol. The zero-order chi connectivity index (χ0) is 76.0. The molecule has 19 heteroatoms. The fourth-order valence-electron chi connectivity index (χ4n) is 12.9. The summed E-state index contributed by atoms with van der Waals surface area (Å²) in [6.07, 6.45) is 61.1. The lowest BCUT2D eigenvalue weighted by molar-refractivity contribution is -0.161.